The highest BCUT2D eigenvalue weighted by molar-refractivity contribution is 5.73. The molecule has 1 aromatic carbocycles. The van der Waals surface area contributed by atoms with Crippen LogP contribution in [-0.4, -0.2) is 57.3 Å². The predicted molar refractivity (Wildman–Crippen MR) is 106 cm³/mol. The molecule has 1 saturated heterocycles. The lowest BCUT2D eigenvalue weighted by atomic mass is 10.1. The van der Waals surface area contributed by atoms with Gasteiger partial charge in [0, 0.05) is 25.1 Å². The minimum Gasteiger partial charge on any atom is -0.453 e. The number of halogens is 3. The molecule has 4 rings (SSSR count). The molecule has 1 aliphatic rings. The summed E-state index contributed by atoms with van der Waals surface area (Å²) in [4.78, 5) is 33.1. The highest BCUT2D eigenvalue weighted by Crippen LogP contribution is 2.28. The third-order valence-electron chi connectivity index (χ3n) is 5.24. The maximum Gasteiger partial charge on any atom is 0.573 e. The number of nitrogens with zero attached hydrogens (tertiary/aromatic N) is 4. The van der Waals surface area contributed by atoms with Gasteiger partial charge in [0.2, 0.25) is 0 Å². The standard InChI is InChI=1S/C20H20F3N5O4/c1-31-19(30)27-8-4-6-13(11-27)28-17-14(10-24-28)18(29)26-16(25-17)9-12-5-2-3-7-15(12)32-20(21,22)23/h2-3,5,7,10,13H,4,6,8-9,11H2,1H3,(H,25,26,29). The summed E-state index contributed by atoms with van der Waals surface area (Å²) >= 11 is 0. The molecule has 1 amide bonds. The van der Waals surface area contributed by atoms with Crippen molar-refractivity contribution in [1.82, 2.24) is 24.6 Å². The van der Waals surface area contributed by atoms with Crippen LogP contribution in [0.2, 0.25) is 0 Å². The van der Waals surface area contributed by atoms with Gasteiger partial charge in [-0.05, 0) is 18.9 Å². The highest BCUT2D eigenvalue weighted by Gasteiger charge is 2.32. The number of carbonyl (C=O) groups is 1. The number of hydrogen-bond acceptors (Lipinski definition) is 6. The minimum atomic E-state index is -4.84. The van der Waals surface area contributed by atoms with Crippen molar-refractivity contribution in [3.05, 3.63) is 52.2 Å². The number of nitrogens with one attached hydrogen (secondary N) is 1. The third-order valence-corrected chi connectivity index (χ3v) is 5.24. The van der Waals surface area contributed by atoms with Crippen molar-refractivity contribution in [2.45, 2.75) is 31.7 Å². The second-order valence-electron chi connectivity index (χ2n) is 7.38. The summed E-state index contributed by atoms with van der Waals surface area (Å²) in [6.07, 6.45) is -2.54. The average Bonchev–Trinajstić information content (AvgIpc) is 3.18. The number of carbonyl (C=O) groups excluding carboxylic acids is 1. The van der Waals surface area contributed by atoms with Crippen LogP contribution in [0.4, 0.5) is 18.0 Å². The van der Waals surface area contributed by atoms with E-state index in [4.69, 9.17) is 4.74 Å². The Labute approximate surface area is 179 Å². The van der Waals surface area contributed by atoms with Crippen molar-refractivity contribution in [2.24, 2.45) is 0 Å². The van der Waals surface area contributed by atoms with Gasteiger partial charge < -0.3 is 19.4 Å². The number of methoxy groups -OCH3 is 1. The lowest BCUT2D eigenvalue weighted by Crippen LogP contribution is -2.40. The Balaban J connectivity index is 1.66. The van der Waals surface area contributed by atoms with Crippen molar-refractivity contribution in [2.75, 3.05) is 20.2 Å². The fourth-order valence-corrected chi connectivity index (χ4v) is 3.84. The summed E-state index contributed by atoms with van der Waals surface area (Å²) in [5, 5.41) is 4.55. The number of piperidine rings is 1. The Morgan fingerprint density at radius 3 is 2.84 bits per heavy atom. The van der Waals surface area contributed by atoms with Gasteiger partial charge in [-0.2, -0.15) is 5.10 Å². The van der Waals surface area contributed by atoms with Gasteiger partial charge in [-0.15, -0.1) is 13.2 Å². The van der Waals surface area contributed by atoms with E-state index in [0.717, 1.165) is 12.8 Å². The molecule has 0 radical (unpaired) electrons. The molecule has 0 saturated carbocycles. The molecule has 1 unspecified atom stereocenters. The molecule has 0 bridgehead atoms. The van der Waals surface area contributed by atoms with Gasteiger partial charge in [0.25, 0.3) is 5.56 Å². The smallest absolute Gasteiger partial charge is 0.453 e. The summed E-state index contributed by atoms with van der Waals surface area (Å²) < 4.78 is 48.6. The van der Waals surface area contributed by atoms with E-state index in [-0.39, 0.29) is 35.0 Å². The lowest BCUT2D eigenvalue weighted by molar-refractivity contribution is -0.274. The zero-order chi connectivity index (χ0) is 22.9. The van der Waals surface area contributed by atoms with Crippen LogP contribution < -0.4 is 10.3 Å². The number of hydrogen-bond donors (Lipinski definition) is 1. The van der Waals surface area contributed by atoms with E-state index >= 15 is 0 Å². The van der Waals surface area contributed by atoms with E-state index < -0.39 is 18.0 Å². The quantitative estimate of drug-likeness (QED) is 0.654. The number of H-pyrrole nitrogens is 1. The number of aromatic amines is 1. The van der Waals surface area contributed by atoms with Crippen LogP contribution in [0.15, 0.2) is 35.3 Å². The normalized spacial score (nSPS) is 16.9. The lowest BCUT2D eigenvalue weighted by Gasteiger charge is -2.31. The molecular formula is C20H20F3N5O4. The van der Waals surface area contributed by atoms with E-state index in [1.807, 2.05) is 0 Å². The van der Waals surface area contributed by atoms with Gasteiger partial charge in [0.05, 0.1) is 19.3 Å². The number of rotatable bonds is 4. The molecule has 3 heterocycles. The molecule has 0 spiro atoms. The zero-order valence-corrected chi connectivity index (χ0v) is 17.1. The number of para-hydroxylation sites is 1. The van der Waals surface area contributed by atoms with E-state index in [2.05, 4.69) is 19.8 Å². The maximum atomic E-state index is 12.7. The summed E-state index contributed by atoms with van der Waals surface area (Å²) in [5.74, 6) is -0.194. The number of benzene rings is 1. The maximum absolute atomic E-state index is 12.7. The van der Waals surface area contributed by atoms with E-state index in [1.54, 1.807) is 15.6 Å². The first-order chi connectivity index (χ1) is 15.2. The van der Waals surface area contributed by atoms with Crippen LogP contribution >= 0.6 is 0 Å². The fraction of sp³-hybridized carbons (Fsp3) is 0.400. The van der Waals surface area contributed by atoms with Crippen LogP contribution in [0.5, 0.6) is 5.75 Å². The van der Waals surface area contributed by atoms with Gasteiger partial charge in [-0.25, -0.2) is 14.5 Å². The molecule has 170 valence electrons. The monoisotopic (exact) mass is 451 g/mol. The van der Waals surface area contributed by atoms with E-state index in [9.17, 15) is 22.8 Å². The topological polar surface area (TPSA) is 102 Å². The van der Waals surface area contributed by atoms with Gasteiger partial charge in [-0.1, -0.05) is 18.2 Å². The molecular weight excluding hydrogens is 431 g/mol. The Morgan fingerprint density at radius 2 is 2.09 bits per heavy atom. The van der Waals surface area contributed by atoms with Crippen molar-refractivity contribution in [1.29, 1.82) is 0 Å². The number of fused-ring (bicyclic) bond motifs is 1. The number of ether oxygens (including phenoxy) is 2. The number of alkyl halides is 3. The molecule has 9 nitrogen and oxygen atoms in total. The SMILES string of the molecule is COC(=O)N1CCCC(n2ncc3c(=O)[nH]c(Cc4ccccc4OC(F)(F)F)nc32)C1. The largest absolute Gasteiger partial charge is 0.573 e. The molecule has 1 atom stereocenters. The molecule has 0 aliphatic carbocycles. The summed E-state index contributed by atoms with van der Waals surface area (Å²) in [5.41, 5.74) is 0.0636. The zero-order valence-electron chi connectivity index (χ0n) is 17.1. The molecule has 12 heteroatoms. The summed E-state index contributed by atoms with van der Waals surface area (Å²) in [6, 6.07) is 5.45. The first kappa shape index (κ1) is 21.7. The molecule has 1 fully saturated rings. The number of likely N-dealkylation sites (tertiary alicyclic amines) is 1. The molecule has 2 aromatic heterocycles. The van der Waals surface area contributed by atoms with Crippen LogP contribution in [0, 0.1) is 0 Å². The van der Waals surface area contributed by atoms with Crippen LogP contribution in [0.25, 0.3) is 11.0 Å². The van der Waals surface area contributed by atoms with Gasteiger partial charge in [0.1, 0.15) is 17.0 Å². The second kappa shape index (κ2) is 8.52. The van der Waals surface area contributed by atoms with Crippen molar-refractivity contribution in [3.8, 4) is 5.75 Å². The first-order valence-electron chi connectivity index (χ1n) is 9.88. The van der Waals surface area contributed by atoms with Gasteiger partial charge in [0.15, 0.2) is 5.65 Å². The molecule has 1 aliphatic heterocycles. The van der Waals surface area contributed by atoms with E-state index in [0.29, 0.717) is 18.7 Å². The van der Waals surface area contributed by atoms with Gasteiger partial charge >= 0.3 is 12.5 Å². The predicted octanol–water partition coefficient (Wildman–Crippen LogP) is 3.01. The Bertz CT molecular complexity index is 1190. The molecule has 1 N–H and O–H groups in total. The van der Waals surface area contributed by atoms with E-state index in [1.165, 1.54) is 31.5 Å². The highest BCUT2D eigenvalue weighted by atomic mass is 19.4. The fourth-order valence-electron chi connectivity index (χ4n) is 3.84. The van der Waals surface area contributed by atoms with Crippen molar-refractivity contribution < 1.29 is 27.4 Å². The molecule has 3 aromatic rings. The van der Waals surface area contributed by atoms with Crippen LogP contribution in [0.3, 0.4) is 0 Å². The summed E-state index contributed by atoms with van der Waals surface area (Å²) in [6.45, 7) is 0.896. The van der Waals surface area contributed by atoms with Gasteiger partial charge in [-0.3, -0.25) is 4.79 Å². The van der Waals surface area contributed by atoms with Crippen molar-refractivity contribution in [3.63, 3.8) is 0 Å². The Morgan fingerprint density at radius 1 is 1.31 bits per heavy atom. The first-order valence-corrected chi connectivity index (χ1v) is 9.88. The Hall–Kier alpha value is -3.57. The second-order valence-corrected chi connectivity index (χ2v) is 7.38. The van der Waals surface area contributed by atoms with Crippen LogP contribution in [-0.2, 0) is 11.2 Å². The average molecular weight is 451 g/mol. The summed E-state index contributed by atoms with van der Waals surface area (Å²) in [7, 11) is 1.31. The Kier molecular flexibility index (Phi) is 5.76. The number of amides is 1. The van der Waals surface area contributed by atoms with Crippen molar-refractivity contribution >= 4 is 17.1 Å². The minimum absolute atomic E-state index is 0.0818. The molecule has 32 heavy (non-hydrogen) atoms. The van der Waals surface area contributed by atoms with Crippen LogP contribution in [0.1, 0.15) is 30.3 Å². The third kappa shape index (κ3) is 4.53. The number of aromatic nitrogens is 4.